The summed E-state index contributed by atoms with van der Waals surface area (Å²) >= 11 is 5.91. The zero-order valence-corrected chi connectivity index (χ0v) is 11.7. The molecule has 3 rings (SSSR count). The Kier molecular flexibility index (Phi) is 3.43. The quantitative estimate of drug-likeness (QED) is 0.790. The highest BCUT2D eigenvalue weighted by atomic mass is 35.5. The first-order valence-corrected chi connectivity index (χ1v) is 7.04. The monoisotopic (exact) mass is 273 g/mol. The molecule has 0 N–H and O–H groups in total. The summed E-state index contributed by atoms with van der Waals surface area (Å²) in [5, 5.41) is 0. The Morgan fingerprint density at radius 3 is 2.89 bits per heavy atom. The highest BCUT2D eigenvalue weighted by molar-refractivity contribution is 6.17. The van der Waals surface area contributed by atoms with Crippen molar-refractivity contribution >= 4 is 11.6 Å². The van der Waals surface area contributed by atoms with Crippen molar-refractivity contribution in [2.45, 2.75) is 25.1 Å². The number of fused-ring (bicyclic) bond motifs is 1. The number of aryl methyl sites for hydroxylation is 1. The fraction of sp³-hybridized carbons (Fsp3) is 0.312. The molecule has 0 amide bonds. The number of pyridine rings is 1. The van der Waals surface area contributed by atoms with E-state index in [9.17, 15) is 0 Å². The summed E-state index contributed by atoms with van der Waals surface area (Å²) in [6.45, 7) is 2.66. The molecular formula is C16H16ClNO. The molecule has 0 fully saturated rings. The fourth-order valence-corrected chi connectivity index (χ4v) is 2.72. The lowest BCUT2D eigenvalue weighted by Gasteiger charge is -2.30. The van der Waals surface area contributed by atoms with E-state index in [0.29, 0.717) is 18.4 Å². The standard InChI is InChI=1S/C16H16ClNO/c1-11-6-7-16(15(9-17)18-11)19-10-13-8-12-4-2-3-5-14(12)13/h2-7,13H,8-10H2,1H3. The number of halogens is 1. The SMILES string of the molecule is Cc1ccc(OCC2Cc3ccccc32)c(CCl)n1. The molecule has 0 spiro atoms. The number of alkyl halides is 1. The molecule has 1 aliphatic rings. The molecule has 98 valence electrons. The molecule has 1 aromatic heterocycles. The molecule has 1 unspecified atom stereocenters. The summed E-state index contributed by atoms with van der Waals surface area (Å²) in [5.74, 6) is 1.70. The summed E-state index contributed by atoms with van der Waals surface area (Å²) in [4.78, 5) is 4.40. The van der Waals surface area contributed by atoms with Gasteiger partial charge < -0.3 is 4.74 Å². The van der Waals surface area contributed by atoms with Gasteiger partial charge in [0, 0.05) is 11.6 Å². The van der Waals surface area contributed by atoms with Gasteiger partial charge in [-0.15, -0.1) is 11.6 Å². The van der Waals surface area contributed by atoms with Crippen LogP contribution in [0.15, 0.2) is 36.4 Å². The maximum Gasteiger partial charge on any atom is 0.142 e. The van der Waals surface area contributed by atoms with Crippen molar-refractivity contribution < 1.29 is 4.74 Å². The smallest absolute Gasteiger partial charge is 0.142 e. The number of hydrogen-bond acceptors (Lipinski definition) is 2. The van der Waals surface area contributed by atoms with Crippen LogP contribution < -0.4 is 4.74 Å². The first kappa shape index (κ1) is 12.5. The summed E-state index contributed by atoms with van der Waals surface area (Å²) in [6.07, 6.45) is 1.10. The number of benzene rings is 1. The van der Waals surface area contributed by atoms with Gasteiger partial charge in [-0.05, 0) is 36.6 Å². The second-order valence-electron chi connectivity index (χ2n) is 4.94. The molecule has 0 radical (unpaired) electrons. The minimum Gasteiger partial charge on any atom is -0.491 e. The molecule has 0 bridgehead atoms. The maximum atomic E-state index is 5.91. The zero-order chi connectivity index (χ0) is 13.2. The molecule has 1 aliphatic carbocycles. The largest absolute Gasteiger partial charge is 0.491 e. The van der Waals surface area contributed by atoms with Gasteiger partial charge in [0.1, 0.15) is 5.75 Å². The predicted octanol–water partition coefficient (Wildman–Crippen LogP) is 3.85. The fourth-order valence-electron chi connectivity index (χ4n) is 2.53. The average molecular weight is 274 g/mol. The van der Waals surface area contributed by atoms with Crippen molar-refractivity contribution in [2.75, 3.05) is 6.61 Å². The highest BCUT2D eigenvalue weighted by Crippen LogP contribution is 2.35. The summed E-state index contributed by atoms with van der Waals surface area (Å²) in [7, 11) is 0. The molecule has 3 heteroatoms. The van der Waals surface area contributed by atoms with Gasteiger partial charge in [0.15, 0.2) is 0 Å². The van der Waals surface area contributed by atoms with Crippen LogP contribution in [0, 0.1) is 6.92 Å². The van der Waals surface area contributed by atoms with Crippen LogP contribution in [0.1, 0.15) is 28.4 Å². The Labute approximate surface area is 118 Å². The maximum absolute atomic E-state index is 5.91. The third-order valence-corrected chi connectivity index (χ3v) is 3.85. The first-order chi connectivity index (χ1) is 9.28. The Balaban J connectivity index is 1.68. The Bertz CT molecular complexity index is 597. The van der Waals surface area contributed by atoms with Crippen LogP contribution in [-0.4, -0.2) is 11.6 Å². The Morgan fingerprint density at radius 2 is 2.11 bits per heavy atom. The van der Waals surface area contributed by atoms with Gasteiger partial charge in [-0.1, -0.05) is 24.3 Å². The van der Waals surface area contributed by atoms with Crippen LogP contribution >= 0.6 is 11.6 Å². The number of hydrogen-bond donors (Lipinski definition) is 0. The van der Waals surface area contributed by atoms with Crippen molar-refractivity contribution in [3.05, 3.63) is 58.9 Å². The normalized spacial score (nSPS) is 16.6. The minimum absolute atomic E-state index is 0.387. The van der Waals surface area contributed by atoms with Gasteiger partial charge in [0.25, 0.3) is 0 Å². The number of aromatic nitrogens is 1. The van der Waals surface area contributed by atoms with Gasteiger partial charge in [-0.25, -0.2) is 0 Å². The molecule has 2 aromatic rings. The lowest BCUT2D eigenvalue weighted by molar-refractivity contribution is 0.272. The van der Waals surface area contributed by atoms with E-state index in [1.54, 1.807) is 0 Å². The van der Waals surface area contributed by atoms with E-state index in [1.807, 2.05) is 19.1 Å². The summed E-state index contributed by atoms with van der Waals surface area (Å²) in [5.41, 5.74) is 4.65. The van der Waals surface area contributed by atoms with Gasteiger partial charge in [-0.3, -0.25) is 4.98 Å². The molecule has 19 heavy (non-hydrogen) atoms. The first-order valence-electron chi connectivity index (χ1n) is 6.51. The van der Waals surface area contributed by atoms with Crippen LogP contribution in [-0.2, 0) is 12.3 Å². The van der Waals surface area contributed by atoms with E-state index in [-0.39, 0.29) is 0 Å². The molecule has 1 heterocycles. The lowest BCUT2D eigenvalue weighted by atomic mass is 9.78. The van der Waals surface area contributed by atoms with Crippen molar-refractivity contribution in [1.29, 1.82) is 0 Å². The van der Waals surface area contributed by atoms with Gasteiger partial charge in [0.05, 0.1) is 18.2 Å². The molecular weight excluding hydrogens is 258 g/mol. The van der Waals surface area contributed by atoms with Crippen LogP contribution in [0.2, 0.25) is 0 Å². The van der Waals surface area contributed by atoms with E-state index in [2.05, 4.69) is 29.2 Å². The highest BCUT2D eigenvalue weighted by Gasteiger charge is 2.26. The molecule has 0 saturated carbocycles. The lowest BCUT2D eigenvalue weighted by Crippen LogP contribution is -2.23. The van der Waals surface area contributed by atoms with Crippen LogP contribution in [0.4, 0.5) is 0 Å². The molecule has 2 nitrogen and oxygen atoms in total. The molecule has 1 atom stereocenters. The van der Waals surface area contributed by atoms with E-state index in [4.69, 9.17) is 16.3 Å². The topological polar surface area (TPSA) is 22.1 Å². The molecule has 0 aliphatic heterocycles. The Morgan fingerprint density at radius 1 is 1.26 bits per heavy atom. The van der Waals surface area contributed by atoms with Gasteiger partial charge in [0.2, 0.25) is 0 Å². The van der Waals surface area contributed by atoms with Gasteiger partial charge in [-0.2, -0.15) is 0 Å². The van der Waals surface area contributed by atoms with Crippen molar-refractivity contribution in [3.63, 3.8) is 0 Å². The molecule has 1 aromatic carbocycles. The molecule has 0 saturated heterocycles. The number of ether oxygens (including phenoxy) is 1. The average Bonchev–Trinajstić information content (AvgIpc) is 2.41. The van der Waals surface area contributed by atoms with E-state index in [1.165, 1.54) is 11.1 Å². The minimum atomic E-state index is 0.387. The second-order valence-corrected chi connectivity index (χ2v) is 5.21. The van der Waals surface area contributed by atoms with E-state index < -0.39 is 0 Å². The van der Waals surface area contributed by atoms with Crippen LogP contribution in [0.5, 0.6) is 5.75 Å². The van der Waals surface area contributed by atoms with E-state index >= 15 is 0 Å². The van der Waals surface area contributed by atoms with Crippen LogP contribution in [0.25, 0.3) is 0 Å². The Hall–Kier alpha value is -1.54. The second kappa shape index (κ2) is 5.22. The zero-order valence-electron chi connectivity index (χ0n) is 10.9. The third-order valence-electron chi connectivity index (χ3n) is 3.60. The van der Waals surface area contributed by atoms with Gasteiger partial charge >= 0.3 is 0 Å². The number of nitrogens with zero attached hydrogens (tertiary/aromatic N) is 1. The van der Waals surface area contributed by atoms with E-state index in [0.717, 1.165) is 23.6 Å². The number of rotatable bonds is 4. The van der Waals surface area contributed by atoms with Crippen molar-refractivity contribution in [1.82, 2.24) is 4.98 Å². The summed E-state index contributed by atoms with van der Waals surface area (Å²) < 4.78 is 5.90. The third kappa shape index (κ3) is 2.45. The van der Waals surface area contributed by atoms with Crippen molar-refractivity contribution in [3.8, 4) is 5.75 Å². The van der Waals surface area contributed by atoms with Crippen molar-refractivity contribution in [2.24, 2.45) is 0 Å². The van der Waals surface area contributed by atoms with Crippen LogP contribution in [0.3, 0.4) is 0 Å². The summed E-state index contributed by atoms with van der Waals surface area (Å²) in [6, 6.07) is 12.5. The predicted molar refractivity (Wildman–Crippen MR) is 76.9 cm³/mol.